The van der Waals surface area contributed by atoms with Crippen LogP contribution in [0.4, 0.5) is 0 Å². The minimum absolute atomic E-state index is 0. The quantitative estimate of drug-likeness (QED) is 0.306. The summed E-state index contributed by atoms with van der Waals surface area (Å²) < 4.78 is 5.57. The van der Waals surface area contributed by atoms with E-state index in [1.807, 2.05) is 0 Å². The third-order valence-electron chi connectivity index (χ3n) is 5.15. The Morgan fingerprint density at radius 3 is 2.32 bits per heavy atom. The van der Waals surface area contributed by atoms with Gasteiger partial charge in [-0.25, -0.2) is 0 Å². The summed E-state index contributed by atoms with van der Waals surface area (Å²) in [7, 11) is 0. The topological polar surface area (TPSA) is 50.9 Å². The molecule has 0 aromatic rings. The van der Waals surface area contributed by atoms with E-state index >= 15 is 0 Å². The van der Waals surface area contributed by atoms with E-state index in [0.29, 0.717) is 5.41 Å². The van der Waals surface area contributed by atoms with E-state index in [-0.39, 0.29) is 24.0 Å². The van der Waals surface area contributed by atoms with Gasteiger partial charge < -0.3 is 15.4 Å². The highest BCUT2D eigenvalue weighted by molar-refractivity contribution is 14.0. The van der Waals surface area contributed by atoms with Crippen LogP contribution in [-0.4, -0.2) is 43.7 Å². The first-order valence-corrected chi connectivity index (χ1v) is 8.88. The Morgan fingerprint density at radius 1 is 1.09 bits per heavy atom. The summed E-state index contributed by atoms with van der Waals surface area (Å²) in [6.45, 7) is 6.81. The second-order valence-corrected chi connectivity index (χ2v) is 6.73. The van der Waals surface area contributed by atoms with Crippen LogP contribution in [-0.2, 0) is 4.74 Å². The molecule has 0 aromatic heterocycles. The Labute approximate surface area is 153 Å². The molecular weight excluding hydrogens is 389 g/mol. The maximum absolute atomic E-state index is 6.25. The predicted molar refractivity (Wildman–Crippen MR) is 104 cm³/mol. The maximum atomic E-state index is 6.25. The van der Waals surface area contributed by atoms with Gasteiger partial charge in [-0.1, -0.05) is 25.7 Å². The molecule has 2 aliphatic rings. The summed E-state index contributed by atoms with van der Waals surface area (Å²) in [4.78, 5) is 7.08. The van der Waals surface area contributed by atoms with Crippen molar-refractivity contribution in [2.45, 2.75) is 64.7 Å². The van der Waals surface area contributed by atoms with Crippen molar-refractivity contribution >= 4 is 29.9 Å². The lowest BCUT2D eigenvalue weighted by atomic mass is 9.83. The molecule has 0 amide bonds. The first-order chi connectivity index (χ1) is 10.3. The summed E-state index contributed by atoms with van der Waals surface area (Å²) in [5, 5.41) is 0. The Balaban J connectivity index is 0.00000242. The van der Waals surface area contributed by atoms with Crippen LogP contribution in [0.1, 0.15) is 64.7 Å². The Kier molecular flexibility index (Phi) is 9.71. The number of rotatable bonds is 6. The molecule has 2 N–H and O–H groups in total. The fourth-order valence-corrected chi connectivity index (χ4v) is 3.69. The van der Waals surface area contributed by atoms with Crippen molar-refractivity contribution in [3.63, 3.8) is 0 Å². The van der Waals surface area contributed by atoms with Crippen molar-refractivity contribution in [2.24, 2.45) is 16.1 Å². The number of halogens is 1. The van der Waals surface area contributed by atoms with Crippen LogP contribution in [0.3, 0.4) is 0 Å². The highest BCUT2D eigenvalue weighted by atomic mass is 127. The van der Waals surface area contributed by atoms with Crippen LogP contribution in [0.2, 0.25) is 0 Å². The van der Waals surface area contributed by atoms with Crippen molar-refractivity contribution in [2.75, 3.05) is 32.8 Å². The molecular formula is C17H34IN3O. The standard InChI is InChI=1S/C17H33N3O.HI/c1-2-21-14-11-17(9-5-6-10-17)15-19-16(18)20-12-7-3-4-8-13-20;/h2-15H2,1H3,(H2,18,19);1H. The average molecular weight is 423 g/mol. The molecule has 22 heavy (non-hydrogen) atoms. The molecule has 1 aliphatic heterocycles. The van der Waals surface area contributed by atoms with Crippen LogP contribution in [0.5, 0.6) is 0 Å². The van der Waals surface area contributed by atoms with Gasteiger partial charge in [0.1, 0.15) is 0 Å². The second-order valence-electron chi connectivity index (χ2n) is 6.73. The Bertz CT molecular complexity index is 322. The third-order valence-corrected chi connectivity index (χ3v) is 5.15. The number of ether oxygens (including phenoxy) is 1. The number of likely N-dealkylation sites (tertiary alicyclic amines) is 1. The van der Waals surface area contributed by atoms with E-state index in [9.17, 15) is 0 Å². The van der Waals surface area contributed by atoms with Crippen molar-refractivity contribution in [1.82, 2.24) is 4.90 Å². The minimum atomic E-state index is 0. The number of aliphatic imine (C=N–C) groups is 1. The number of hydrogen-bond donors (Lipinski definition) is 1. The number of guanidine groups is 1. The van der Waals surface area contributed by atoms with Gasteiger partial charge in [-0.3, -0.25) is 4.99 Å². The average Bonchev–Trinajstić information content (AvgIpc) is 2.79. The number of nitrogens with zero attached hydrogens (tertiary/aromatic N) is 2. The van der Waals surface area contributed by atoms with Crippen molar-refractivity contribution < 1.29 is 4.74 Å². The lowest BCUT2D eigenvalue weighted by molar-refractivity contribution is 0.107. The van der Waals surface area contributed by atoms with Gasteiger partial charge in [0, 0.05) is 32.8 Å². The third kappa shape index (κ3) is 6.22. The van der Waals surface area contributed by atoms with E-state index < -0.39 is 0 Å². The van der Waals surface area contributed by atoms with Gasteiger partial charge in [-0.05, 0) is 44.4 Å². The van der Waals surface area contributed by atoms with Gasteiger partial charge in [0.25, 0.3) is 0 Å². The SMILES string of the molecule is CCOCCC1(CN=C(N)N2CCCCCC2)CCCC1.I. The normalized spacial score (nSPS) is 22.2. The zero-order chi connectivity index (χ0) is 15.0. The van der Waals surface area contributed by atoms with E-state index in [4.69, 9.17) is 15.5 Å². The molecule has 0 bridgehead atoms. The maximum Gasteiger partial charge on any atom is 0.191 e. The van der Waals surface area contributed by atoms with Crippen LogP contribution in [0, 0.1) is 5.41 Å². The molecule has 0 radical (unpaired) electrons. The van der Waals surface area contributed by atoms with Crippen molar-refractivity contribution in [3.05, 3.63) is 0 Å². The van der Waals surface area contributed by atoms with E-state index in [1.165, 1.54) is 51.4 Å². The molecule has 130 valence electrons. The van der Waals surface area contributed by atoms with Gasteiger partial charge in [-0.2, -0.15) is 0 Å². The van der Waals surface area contributed by atoms with Gasteiger partial charge in [0.15, 0.2) is 5.96 Å². The molecule has 4 nitrogen and oxygen atoms in total. The zero-order valence-electron chi connectivity index (χ0n) is 14.2. The summed E-state index contributed by atoms with van der Waals surface area (Å²) in [6.07, 6.45) is 11.6. The summed E-state index contributed by atoms with van der Waals surface area (Å²) >= 11 is 0. The molecule has 1 saturated heterocycles. The Hall–Kier alpha value is -0.0400. The molecule has 1 heterocycles. The van der Waals surface area contributed by atoms with E-state index in [1.54, 1.807) is 0 Å². The minimum Gasteiger partial charge on any atom is -0.382 e. The largest absolute Gasteiger partial charge is 0.382 e. The zero-order valence-corrected chi connectivity index (χ0v) is 16.5. The van der Waals surface area contributed by atoms with Crippen molar-refractivity contribution in [1.29, 1.82) is 0 Å². The van der Waals surface area contributed by atoms with Gasteiger partial charge in [0.2, 0.25) is 0 Å². The second kappa shape index (κ2) is 10.7. The van der Waals surface area contributed by atoms with E-state index in [0.717, 1.165) is 45.2 Å². The highest BCUT2D eigenvalue weighted by Crippen LogP contribution is 2.41. The predicted octanol–water partition coefficient (Wildman–Crippen LogP) is 3.78. The fraction of sp³-hybridized carbons (Fsp3) is 0.941. The van der Waals surface area contributed by atoms with E-state index in [2.05, 4.69) is 11.8 Å². The van der Waals surface area contributed by atoms with Crippen LogP contribution in [0.15, 0.2) is 4.99 Å². The molecule has 5 heteroatoms. The van der Waals surface area contributed by atoms with Gasteiger partial charge in [-0.15, -0.1) is 24.0 Å². The lowest BCUT2D eigenvalue weighted by Gasteiger charge is -2.28. The number of nitrogens with two attached hydrogens (primary N) is 1. The Morgan fingerprint density at radius 2 is 1.73 bits per heavy atom. The summed E-state index contributed by atoms with van der Waals surface area (Å²) in [5.41, 5.74) is 6.61. The first-order valence-electron chi connectivity index (χ1n) is 8.88. The van der Waals surface area contributed by atoms with Gasteiger partial charge in [0.05, 0.1) is 0 Å². The molecule has 0 atom stereocenters. The molecule has 1 aliphatic carbocycles. The summed E-state index contributed by atoms with van der Waals surface area (Å²) in [5.74, 6) is 0.777. The highest BCUT2D eigenvalue weighted by Gasteiger charge is 2.33. The fourth-order valence-electron chi connectivity index (χ4n) is 3.69. The molecule has 2 fully saturated rings. The van der Waals surface area contributed by atoms with Crippen LogP contribution < -0.4 is 5.73 Å². The monoisotopic (exact) mass is 423 g/mol. The lowest BCUT2D eigenvalue weighted by Crippen LogP contribution is -2.39. The molecule has 0 spiro atoms. The summed E-state index contributed by atoms with van der Waals surface area (Å²) in [6, 6.07) is 0. The first kappa shape index (κ1) is 20.0. The van der Waals surface area contributed by atoms with Crippen LogP contribution in [0.25, 0.3) is 0 Å². The smallest absolute Gasteiger partial charge is 0.191 e. The van der Waals surface area contributed by atoms with Crippen LogP contribution >= 0.6 is 24.0 Å². The molecule has 0 unspecified atom stereocenters. The molecule has 0 aromatic carbocycles. The number of hydrogen-bond acceptors (Lipinski definition) is 2. The molecule has 2 rings (SSSR count). The van der Waals surface area contributed by atoms with Gasteiger partial charge >= 0.3 is 0 Å². The van der Waals surface area contributed by atoms with Crippen molar-refractivity contribution in [3.8, 4) is 0 Å². The molecule has 1 saturated carbocycles.